The maximum atomic E-state index is 13.0. The number of nitrogens with zero attached hydrogens (tertiary/aromatic N) is 4. The Labute approximate surface area is 177 Å². The van der Waals surface area contributed by atoms with Crippen molar-refractivity contribution in [2.24, 2.45) is 0 Å². The largest absolute Gasteiger partial charge is 0.494 e. The molecule has 1 fully saturated rings. The van der Waals surface area contributed by atoms with E-state index in [4.69, 9.17) is 4.74 Å². The molecule has 3 heterocycles. The number of Topliss-reactive ketones (excluding diaryl/α,β-unsaturated/α-hetero) is 1. The zero-order chi connectivity index (χ0) is 20.9. The molecule has 0 spiro atoms. The van der Waals surface area contributed by atoms with E-state index in [9.17, 15) is 9.59 Å². The third-order valence-electron chi connectivity index (χ3n) is 6.06. The predicted octanol–water partition coefficient (Wildman–Crippen LogP) is 3.73. The van der Waals surface area contributed by atoms with E-state index in [2.05, 4.69) is 14.8 Å². The Hall–Kier alpha value is -2.70. The van der Waals surface area contributed by atoms with E-state index in [0.29, 0.717) is 12.2 Å². The van der Waals surface area contributed by atoms with Crippen molar-refractivity contribution in [3.63, 3.8) is 0 Å². The molecule has 0 N–H and O–H groups in total. The number of carbonyl (C=O) groups is 2. The Morgan fingerprint density at radius 1 is 1.03 bits per heavy atom. The quantitative estimate of drug-likeness (QED) is 0.650. The summed E-state index contributed by atoms with van der Waals surface area (Å²) in [5.41, 5.74) is 0.618. The number of carbonyl (C=O) groups excluding carboxylic acids is 2. The van der Waals surface area contributed by atoms with E-state index in [0.717, 1.165) is 62.6 Å². The summed E-state index contributed by atoms with van der Waals surface area (Å²) in [7, 11) is 0. The molecular formula is C23H30N4O3. The summed E-state index contributed by atoms with van der Waals surface area (Å²) in [5, 5.41) is 8.86. The zero-order valence-electron chi connectivity index (χ0n) is 17.7. The molecule has 7 heteroatoms. The Kier molecular flexibility index (Phi) is 6.45. The van der Waals surface area contributed by atoms with Gasteiger partial charge < -0.3 is 14.2 Å². The molecule has 1 aromatic carbocycles. The maximum absolute atomic E-state index is 13.0. The Morgan fingerprint density at radius 2 is 1.87 bits per heavy atom. The van der Waals surface area contributed by atoms with Gasteiger partial charge in [-0.05, 0) is 56.9 Å². The lowest BCUT2D eigenvalue weighted by Gasteiger charge is -2.24. The molecule has 1 aromatic heterocycles. The van der Waals surface area contributed by atoms with Gasteiger partial charge in [-0.15, -0.1) is 10.2 Å². The number of fused-ring (bicyclic) bond motifs is 1. The summed E-state index contributed by atoms with van der Waals surface area (Å²) in [4.78, 5) is 27.4. The molecule has 0 saturated carbocycles. The van der Waals surface area contributed by atoms with Crippen LogP contribution in [0.15, 0.2) is 24.3 Å². The summed E-state index contributed by atoms with van der Waals surface area (Å²) < 4.78 is 7.65. The van der Waals surface area contributed by atoms with Gasteiger partial charge in [-0.2, -0.15) is 0 Å². The highest BCUT2D eigenvalue weighted by Crippen LogP contribution is 2.33. The molecule has 2 aromatic rings. The molecule has 1 atom stereocenters. The van der Waals surface area contributed by atoms with Crippen molar-refractivity contribution in [2.75, 3.05) is 13.2 Å². The first kappa shape index (κ1) is 20.6. The van der Waals surface area contributed by atoms with E-state index in [1.807, 2.05) is 11.8 Å². The third-order valence-corrected chi connectivity index (χ3v) is 6.06. The second-order valence-electron chi connectivity index (χ2n) is 8.06. The van der Waals surface area contributed by atoms with Crippen LogP contribution >= 0.6 is 0 Å². The summed E-state index contributed by atoms with van der Waals surface area (Å²) in [5.74, 6) is 2.74. The zero-order valence-corrected chi connectivity index (χ0v) is 17.7. The van der Waals surface area contributed by atoms with Crippen molar-refractivity contribution in [3.05, 3.63) is 41.5 Å². The molecule has 160 valence electrons. The summed E-state index contributed by atoms with van der Waals surface area (Å²) in [6.45, 7) is 4.18. The summed E-state index contributed by atoms with van der Waals surface area (Å²) in [6, 6.07) is 7.11. The lowest BCUT2D eigenvalue weighted by Crippen LogP contribution is -2.32. The molecule has 0 bridgehead atoms. The fraction of sp³-hybridized carbons (Fsp3) is 0.565. The van der Waals surface area contributed by atoms with E-state index < -0.39 is 0 Å². The number of aromatic nitrogens is 3. The molecule has 0 radical (unpaired) electrons. The van der Waals surface area contributed by atoms with Crippen LogP contribution in [0.2, 0.25) is 0 Å². The van der Waals surface area contributed by atoms with Crippen LogP contribution in [0.5, 0.6) is 5.75 Å². The van der Waals surface area contributed by atoms with Gasteiger partial charge in [0, 0.05) is 37.9 Å². The monoisotopic (exact) mass is 410 g/mol. The first-order valence-electron chi connectivity index (χ1n) is 11.1. The summed E-state index contributed by atoms with van der Waals surface area (Å²) >= 11 is 0. The van der Waals surface area contributed by atoms with Crippen molar-refractivity contribution in [1.82, 2.24) is 19.7 Å². The Balaban J connectivity index is 1.38. The van der Waals surface area contributed by atoms with Crippen LogP contribution in [0.4, 0.5) is 0 Å². The summed E-state index contributed by atoms with van der Waals surface area (Å²) in [6.07, 6.45) is 6.78. The second kappa shape index (κ2) is 9.41. The number of hydrogen-bond donors (Lipinski definition) is 0. The molecule has 30 heavy (non-hydrogen) atoms. The van der Waals surface area contributed by atoms with Crippen molar-refractivity contribution < 1.29 is 14.3 Å². The van der Waals surface area contributed by atoms with Gasteiger partial charge >= 0.3 is 0 Å². The highest BCUT2D eigenvalue weighted by Gasteiger charge is 2.34. The molecular weight excluding hydrogens is 380 g/mol. The number of aryl methyl sites for hydroxylation is 1. The van der Waals surface area contributed by atoms with Crippen LogP contribution in [0.3, 0.4) is 0 Å². The van der Waals surface area contributed by atoms with Crippen molar-refractivity contribution in [1.29, 1.82) is 0 Å². The minimum Gasteiger partial charge on any atom is -0.494 e. The fourth-order valence-corrected chi connectivity index (χ4v) is 4.50. The first-order valence-corrected chi connectivity index (χ1v) is 11.1. The van der Waals surface area contributed by atoms with Crippen molar-refractivity contribution in [3.8, 4) is 5.75 Å². The first-order chi connectivity index (χ1) is 14.7. The number of ketones is 1. The topological polar surface area (TPSA) is 77.3 Å². The molecule has 7 nitrogen and oxygen atoms in total. The number of likely N-dealkylation sites (tertiary alicyclic amines) is 1. The van der Waals surface area contributed by atoms with E-state index >= 15 is 0 Å². The fourth-order valence-electron chi connectivity index (χ4n) is 4.50. The molecule has 1 amide bonds. The highest BCUT2D eigenvalue weighted by molar-refractivity contribution is 5.98. The number of amides is 1. The minimum atomic E-state index is -0.0163. The van der Waals surface area contributed by atoms with Crippen LogP contribution in [0.1, 0.15) is 79.9 Å². The smallest absolute Gasteiger partial charge is 0.223 e. The Morgan fingerprint density at radius 3 is 2.67 bits per heavy atom. The molecule has 1 saturated heterocycles. The van der Waals surface area contributed by atoms with E-state index in [-0.39, 0.29) is 30.6 Å². The number of ether oxygens (including phenoxy) is 1. The normalized spacial score (nSPS) is 18.7. The second-order valence-corrected chi connectivity index (χ2v) is 8.06. The highest BCUT2D eigenvalue weighted by atomic mass is 16.5. The van der Waals surface area contributed by atoms with Gasteiger partial charge in [-0.25, -0.2) is 0 Å². The SMILES string of the molecule is CCOc1ccc(C(=O)CCC(=O)N2CCCC2c2nnc3n2CCCCC3)cc1. The third kappa shape index (κ3) is 4.40. The predicted molar refractivity (Wildman–Crippen MR) is 112 cm³/mol. The number of hydrogen-bond acceptors (Lipinski definition) is 5. The maximum Gasteiger partial charge on any atom is 0.223 e. The van der Waals surface area contributed by atoms with E-state index in [1.165, 1.54) is 6.42 Å². The number of benzene rings is 1. The van der Waals surface area contributed by atoms with Crippen LogP contribution < -0.4 is 4.74 Å². The average Bonchev–Trinajstić information content (AvgIpc) is 3.33. The van der Waals surface area contributed by atoms with Crippen molar-refractivity contribution in [2.45, 2.75) is 70.9 Å². The van der Waals surface area contributed by atoms with Gasteiger partial charge in [0.2, 0.25) is 5.91 Å². The molecule has 2 aliphatic heterocycles. The lowest BCUT2D eigenvalue weighted by atomic mass is 10.1. The van der Waals surface area contributed by atoms with Gasteiger partial charge in [-0.3, -0.25) is 9.59 Å². The average molecular weight is 411 g/mol. The molecule has 1 unspecified atom stereocenters. The minimum absolute atomic E-state index is 0.0153. The van der Waals surface area contributed by atoms with Crippen LogP contribution in [-0.2, 0) is 17.8 Å². The number of rotatable bonds is 7. The van der Waals surface area contributed by atoms with Gasteiger partial charge in [-0.1, -0.05) is 6.42 Å². The van der Waals surface area contributed by atoms with E-state index in [1.54, 1.807) is 24.3 Å². The Bertz CT molecular complexity index is 890. The van der Waals surface area contributed by atoms with Gasteiger partial charge in [0.25, 0.3) is 0 Å². The van der Waals surface area contributed by atoms with Crippen LogP contribution in [0.25, 0.3) is 0 Å². The molecule has 4 rings (SSSR count). The lowest BCUT2D eigenvalue weighted by molar-refractivity contribution is -0.132. The van der Waals surface area contributed by atoms with Crippen LogP contribution in [0, 0.1) is 0 Å². The van der Waals surface area contributed by atoms with Gasteiger partial charge in [0.1, 0.15) is 11.6 Å². The van der Waals surface area contributed by atoms with Crippen LogP contribution in [-0.4, -0.2) is 44.5 Å². The molecule has 0 aliphatic carbocycles. The van der Waals surface area contributed by atoms with Gasteiger partial charge in [0.05, 0.1) is 12.6 Å². The van der Waals surface area contributed by atoms with Crippen molar-refractivity contribution >= 4 is 11.7 Å². The molecule has 2 aliphatic rings. The van der Waals surface area contributed by atoms with Gasteiger partial charge in [0.15, 0.2) is 11.6 Å². The standard InChI is InChI=1S/C23H30N4O3/c1-2-30-18-11-9-17(10-12-18)20(28)13-14-22(29)26-16-6-7-19(26)23-25-24-21-8-4-3-5-15-27(21)23/h9-12,19H,2-8,13-16H2,1H3.